The highest BCUT2D eigenvalue weighted by Crippen LogP contribution is 2.06. The van der Waals surface area contributed by atoms with Crippen LogP contribution < -0.4 is 0 Å². The van der Waals surface area contributed by atoms with Gasteiger partial charge < -0.3 is 9.47 Å². The normalized spacial score (nSPS) is 11.9. The molecule has 0 amide bonds. The van der Waals surface area contributed by atoms with E-state index in [1.165, 1.54) is 0 Å². The van der Waals surface area contributed by atoms with Crippen molar-refractivity contribution >= 4 is 11.9 Å². The zero-order chi connectivity index (χ0) is 15.2. The predicted molar refractivity (Wildman–Crippen MR) is 79.4 cm³/mol. The molecule has 20 heavy (non-hydrogen) atoms. The Kier molecular flexibility index (Phi) is 12.3. The molecule has 0 saturated heterocycles. The Bertz CT molecular complexity index is 263. The lowest BCUT2D eigenvalue weighted by molar-refractivity contribution is -0.150. The lowest BCUT2D eigenvalue weighted by Gasteiger charge is -2.13. The highest BCUT2D eigenvalue weighted by Gasteiger charge is 2.10. The highest BCUT2D eigenvalue weighted by atomic mass is 16.6. The first-order valence-corrected chi connectivity index (χ1v) is 7.95. The Hall–Kier alpha value is -1.06. The molecule has 0 rings (SSSR count). The lowest BCUT2D eigenvalue weighted by atomic mass is 10.2. The number of hydrogen-bond acceptors (Lipinski definition) is 4. The van der Waals surface area contributed by atoms with Crippen molar-refractivity contribution in [3.8, 4) is 0 Å². The van der Waals surface area contributed by atoms with Crippen molar-refractivity contribution in [2.75, 3.05) is 6.61 Å². The smallest absolute Gasteiger partial charge is 0.306 e. The molecule has 1 atom stereocenters. The third-order valence-corrected chi connectivity index (χ3v) is 3.09. The van der Waals surface area contributed by atoms with Gasteiger partial charge in [-0.3, -0.25) is 9.59 Å². The van der Waals surface area contributed by atoms with E-state index < -0.39 is 0 Å². The van der Waals surface area contributed by atoms with Gasteiger partial charge in [-0.1, -0.05) is 39.5 Å². The van der Waals surface area contributed by atoms with Crippen LogP contribution >= 0.6 is 0 Å². The predicted octanol–water partition coefficient (Wildman–Crippen LogP) is 4.01. The first-order chi connectivity index (χ1) is 9.60. The topological polar surface area (TPSA) is 52.6 Å². The number of unbranched alkanes of at least 4 members (excludes halogenated alkanes) is 4. The molecule has 0 N–H and O–H groups in total. The van der Waals surface area contributed by atoms with Crippen LogP contribution in [0.25, 0.3) is 0 Å². The molecule has 0 aliphatic heterocycles. The third-order valence-electron chi connectivity index (χ3n) is 3.09. The van der Waals surface area contributed by atoms with Crippen molar-refractivity contribution in [3.63, 3.8) is 0 Å². The SMILES string of the molecule is CCCCCC(=O)OCC[C@@H](C)OC(=O)CCCCC. The van der Waals surface area contributed by atoms with Crippen LogP contribution in [-0.2, 0) is 19.1 Å². The van der Waals surface area contributed by atoms with E-state index in [4.69, 9.17) is 9.47 Å². The monoisotopic (exact) mass is 286 g/mol. The van der Waals surface area contributed by atoms with Gasteiger partial charge in [0.25, 0.3) is 0 Å². The van der Waals surface area contributed by atoms with E-state index in [1.807, 2.05) is 6.92 Å². The Morgan fingerprint density at radius 3 is 2.00 bits per heavy atom. The van der Waals surface area contributed by atoms with Crippen molar-refractivity contribution in [2.24, 2.45) is 0 Å². The zero-order valence-corrected chi connectivity index (χ0v) is 13.3. The molecule has 0 radical (unpaired) electrons. The van der Waals surface area contributed by atoms with Gasteiger partial charge in [0.1, 0.15) is 6.10 Å². The van der Waals surface area contributed by atoms with E-state index in [-0.39, 0.29) is 18.0 Å². The summed E-state index contributed by atoms with van der Waals surface area (Å²) in [6.45, 7) is 6.36. The number of esters is 2. The first kappa shape index (κ1) is 18.9. The molecule has 0 aromatic carbocycles. The number of hydrogen-bond donors (Lipinski definition) is 0. The lowest BCUT2D eigenvalue weighted by Crippen LogP contribution is -2.18. The summed E-state index contributed by atoms with van der Waals surface area (Å²) >= 11 is 0. The molecule has 0 aliphatic carbocycles. The van der Waals surface area contributed by atoms with Crippen LogP contribution in [0, 0.1) is 0 Å². The van der Waals surface area contributed by atoms with Crippen molar-refractivity contribution in [2.45, 2.75) is 84.7 Å². The van der Waals surface area contributed by atoms with E-state index in [9.17, 15) is 9.59 Å². The number of rotatable bonds is 12. The number of ether oxygens (including phenoxy) is 2. The minimum Gasteiger partial charge on any atom is -0.466 e. The molecule has 0 aromatic rings. The molecule has 0 unspecified atom stereocenters. The molecular weight excluding hydrogens is 256 g/mol. The van der Waals surface area contributed by atoms with Gasteiger partial charge in [0.05, 0.1) is 6.61 Å². The van der Waals surface area contributed by atoms with Crippen molar-refractivity contribution in [3.05, 3.63) is 0 Å². The minimum absolute atomic E-state index is 0.153. The maximum Gasteiger partial charge on any atom is 0.306 e. The molecule has 0 aliphatic rings. The first-order valence-electron chi connectivity index (χ1n) is 7.95. The summed E-state index contributed by atoms with van der Waals surface area (Å²) in [6.07, 6.45) is 7.42. The molecule has 4 nitrogen and oxygen atoms in total. The molecule has 0 aromatic heterocycles. The third kappa shape index (κ3) is 12.0. The van der Waals surface area contributed by atoms with Crippen LogP contribution in [0.5, 0.6) is 0 Å². The number of carbonyl (C=O) groups excluding carboxylic acids is 2. The summed E-state index contributed by atoms with van der Waals surface area (Å²) in [4.78, 5) is 22.8. The van der Waals surface area contributed by atoms with E-state index in [2.05, 4.69) is 13.8 Å². The molecule has 0 fully saturated rings. The Balaban J connectivity index is 3.54. The minimum atomic E-state index is -0.187. The second kappa shape index (κ2) is 12.9. The van der Waals surface area contributed by atoms with Crippen LogP contribution in [0.4, 0.5) is 0 Å². The van der Waals surface area contributed by atoms with Gasteiger partial charge in [0.2, 0.25) is 0 Å². The van der Waals surface area contributed by atoms with Crippen LogP contribution in [-0.4, -0.2) is 24.6 Å². The largest absolute Gasteiger partial charge is 0.466 e. The van der Waals surface area contributed by atoms with Gasteiger partial charge in [-0.15, -0.1) is 0 Å². The van der Waals surface area contributed by atoms with Crippen LogP contribution in [0.3, 0.4) is 0 Å². The summed E-state index contributed by atoms with van der Waals surface area (Å²) in [6, 6.07) is 0. The maximum absolute atomic E-state index is 11.5. The van der Waals surface area contributed by atoms with E-state index in [0.29, 0.717) is 25.9 Å². The van der Waals surface area contributed by atoms with Crippen LogP contribution in [0.15, 0.2) is 0 Å². The van der Waals surface area contributed by atoms with Gasteiger partial charge in [-0.2, -0.15) is 0 Å². The second-order valence-electron chi connectivity index (χ2n) is 5.22. The van der Waals surface area contributed by atoms with E-state index in [0.717, 1.165) is 38.5 Å². The maximum atomic E-state index is 11.5. The fourth-order valence-electron chi connectivity index (χ4n) is 1.79. The molecule has 0 spiro atoms. The summed E-state index contributed by atoms with van der Waals surface area (Å²) in [5, 5.41) is 0. The number of carbonyl (C=O) groups is 2. The van der Waals surface area contributed by atoms with Crippen molar-refractivity contribution in [1.82, 2.24) is 0 Å². The molecule has 0 bridgehead atoms. The van der Waals surface area contributed by atoms with E-state index in [1.54, 1.807) is 0 Å². The fraction of sp³-hybridized carbons (Fsp3) is 0.875. The average molecular weight is 286 g/mol. The van der Waals surface area contributed by atoms with Crippen molar-refractivity contribution < 1.29 is 19.1 Å². The van der Waals surface area contributed by atoms with Gasteiger partial charge >= 0.3 is 11.9 Å². The zero-order valence-electron chi connectivity index (χ0n) is 13.3. The Morgan fingerprint density at radius 1 is 0.900 bits per heavy atom. The van der Waals surface area contributed by atoms with Crippen LogP contribution in [0.1, 0.15) is 78.6 Å². The van der Waals surface area contributed by atoms with Gasteiger partial charge in [-0.25, -0.2) is 0 Å². The molecule has 0 saturated carbocycles. The van der Waals surface area contributed by atoms with E-state index >= 15 is 0 Å². The summed E-state index contributed by atoms with van der Waals surface area (Å²) in [5.41, 5.74) is 0. The highest BCUT2D eigenvalue weighted by molar-refractivity contribution is 5.69. The summed E-state index contributed by atoms with van der Waals surface area (Å²) in [7, 11) is 0. The fourth-order valence-corrected chi connectivity index (χ4v) is 1.79. The molecular formula is C16H30O4. The molecule has 0 heterocycles. The standard InChI is InChI=1S/C16H30O4/c1-4-6-8-10-15(17)19-13-12-14(3)20-16(18)11-9-7-5-2/h14H,4-13H2,1-3H3/t14-/m1/s1. The van der Waals surface area contributed by atoms with Gasteiger partial charge in [-0.05, 0) is 19.8 Å². The second-order valence-corrected chi connectivity index (χ2v) is 5.22. The van der Waals surface area contributed by atoms with Crippen LogP contribution in [0.2, 0.25) is 0 Å². The Labute approximate surface area is 123 Å². The quantitative estimate of drug-likeness (QED) is 0.402. The van der Waals surface area contributed by atoms with Crippen molar-refractivity contribution in [1.29, 1.82) is 0 Å². The van der Waals surface area contributed by atoms with Gasteiger partial charge in [0, 0.05) is 19.3 Å². The molecule has 4 heteroatoms. The van der Waals surface area contributed by atoms with Gasteiger partial charge in [0.15, 0.2) is 0 Å². The average Bonchev–Trinajstić information content (AvgIpc) is 2.39. The molecule has 118 valence electrons. The Morgan fingerprint density at radius 2 is 1.45 bits per heavy atom. The summed E-state index contributed by atoms with van der Waals surface area (Å²) < 4.78 is 10.4. The summed E-state index contributed by atoms with van der Waals surface area (Å²) in [5.74, 6) is -0.305.